The summed E-state index contributed by atoms with van der Waals surface area (Å²) in [5, 5.41) is 5.09. The van der Waals surface area contributed by atoms with Crippen LogP contribution in [0.5, 0.6) is 5.75 Å². The minimum absolute atomic E-state index is 0.323. The molecule has 0 saturated carbocycles. The molecule has 7 nitrogen and oxygen atoms in total. The molecule has 28 heavy (non-hydrogen) atoms. The minimum Gasteiger partial charge on any atom is -0.493 e. The first-order chi connectivity index (χ1) is 13.5. The van der Waals surface area contributed by atoms with Crippen LogP contribution in [0.3, 0.4) is 0 Å². The topological polar surface area (TPSA) is 93.7 Å². The van der Waals surface area contributed by atoms with Crippen LogP contribution in [0.4, 0.5) is 5.69 Å². The predicted molar refractivity (Wildman–Crippen MR) is 108 cm³/mol. The van der Waals surface area contributed by atoms with Crippen molar-refractivity contribution >= 4 is 35.2 Å². The molecular weight excluding hydrogens is 380 g/mol. The number of esters is 1. The number of anilines is 1. The van der Waals surface area contributed by atoms with E-state index in [1.165, 1.54) is 0 Å². The number of nitrogens with one attached hydrogen (secondary N) is 2. The van der Waals surface area contributed by atoms with Gasteiger partial charge in [0, 0.05) is 10.6 Å². The Labute approximate surface area is 167 Å². The molecule has 2 aromatic carbocycles. The molecule has 0 saturated heterocycles. The average molecular weight is 402 g/mol. The number of rotatable bonds is 9. The van der Waals surface area contributed by atoms with Crippen molar-refractivity contribution in [3.8, 4) is 5.75 Å². The number of benzene rings is 2. The lowest BCUT2D eigenvalue weighted by atomic mass is 10.2. The Morgan fingerprint density at radius 2 is 1.75 bits per heavy atom. The molecule has 2 N–H and O–H groups in total. The summed E-state index contributed by atoms with van der Waals surface area (Å²) in [6, 6.07) is 14.0. The number of hydrogen-bond donors (Lipinski definition) is 2. The molecule has 148 valence electrons. The number of hydrogen-bond acceptors (Lipinski definition) is 6. The molecule has 2 aromatic rings. The van der Waals surface area contributed by atoms with Gasteiger partial charge in [-0.15, -0.1) is 11.8 Å². The lowest BCUT2D eigenvalue weighted by Crippen LogP contribution is -2.32. The van der Waals surface area contributed by atoms with Gasteiger partial charge in [-0.2, -0.15) is 0 Å². The zero-order valence-corrected chi connectivity index (χ0v) is 16.5. The highest BCUT2D eigenvalue weighted by Crippen LogP contribution is 2.18. The minimum atomic E-state index is -0.713. The number of carbonyl (C=O) groups is 3. The van der Waals surface area contributed by atoms with E-state index < -0.39 is 24.4 Å². The van der Waals surface area contributed by atoms with Crippen LogP contribution >= 0.6 is 11.8 Å². The largest absolute Gasteiger partial charge is 0.493 e. The summed E-state index contributed by atoms with van der Waals surface area (Å²) in [5.41, 5.74) is 0.934. The number of para-hydroxylation sites is 1. The van der Waals surface area contributed by atoms with E-state index >= 15 is 0 Å². The second-order valence-electron chi connectivity index (χ2n) is 5.55. The third-order valence-corrected chi connectivity index (χ3v) is 4.31. The fourth-order valence-electron chi connectivity index (χ4n) is 2.25. The Kier molecular flexibility index (Phi) is 8.36. The van der Waals surface area contributed by atoms with Crippen molar-refractivity contribution in [2.24, 2.45) is 0 Å². The van der Waals surface area contributed by atoms with Crippen molar-refractivity contribution < 1.29 is 23.9 Å². The van der Waals surface area contributed by atoms with Gasteiger partial charge < -0.3 is 20.1 Å². The van der Waals surface area contributed by atoms with Crippen LogP contribution < -0.4 is 15.4 Å². The van der Waals surface area contributed by atoms with E-state index in [4.69, 9.17) is 9.47 Å². The molecule has 0 bridgehead atoms. The zero-order chi connectivity index (χ0) is 20.4. The highest BCUT2D eigenvalue weighted by molar-refractivity contribution is 7.98. The van der Waals surface area contributed by atoms with E-state index in [0.717, 1.165) is 4.90 Å². The highest BCUT2D eigenvalue weighted by atomic mass is 32.2. The molecule has 0 atom stereocenters. The summed E-state index contributed by atoms with van der Waals surface area (Å²) in [7, 11) is 0. The zero-order valence-electron chi connectivity index (χ0n) is 15.7. The van der Waals surface area contributed by atoms with Crippen molar-refractivity contribution in [2.75, 3.05) is 31.3 Å². The standard InChI is InChI=1S/C20H22N2O5S/c1-3-26-17-7-5-4-6-16(17)20(25)21-12-19(24)27-13-18(23)22-14-8-10-15(28-2)11-9-14/h4-11H,3,12-13H2,1-2H3,(H,21,25)(H,22,23). The van der Waals surface area contributed by atoms with Crippen molar-refractivity contribution in [3.05, 3.63) is 54.1 Å². The molecule has 0 spiro atoms. The van der Waals surface area contributed by atoms with Crippen molar-refractivity contribution in [1.29, 1.82) is 0 Å². The van der Waals surface area contributed by atoms with Crippen LogP contribution in [0, 0.1) is 0 Å². The SMILES string of the molecule is CCOc1ccccc1C(=O)NCC(=O)OCC(=O)Nc1ccc(SC)cc1. The maximum atomic E-state index is 12.2. The first kappa shape index (κ1) is 21.3. The molecule has 8 heteroatoms. The summed E-state index contributed by atoms with van der Waals surface area (Å²) < 4.78 is 10.3. The normalized spacial score (nSPS) is 10.1. The van der Waals surface area contributed by atoms with E-state index in [1.807, 2.05) is 25.3 Å². The number of carbonyl (C=O) groups excluding carboxylic acids is 3. The van der Waals surface area contributed by atoms with Crippen LogP contribution in [0.2, 0.25) is 0 Å². The molecule has 0 heterocycles. The first-order valence-electron chi connectivity index (χ1n) is 8.63. The second kappa shape index (κ2) is 11.0. The van der Waals surface area contributed by atoms with Gasteiger partial charge in [0.15, 0.2) is 6.61 Å². The Bertz CT molecular complexity index is 824. The van der Waals surface area contributed by atoms with Gasteiger partial charge in [0.2, 0.25) is 0 Å². The predicted octanol–water partition coefficient (Wildman–Crippen LogP) is 2.72. The molecular formula is C20H22N2O5S. The summed E-state index contributed by atoms with van der Waals surface area (Å²) in [6.07, 6.45) is 1.96. The summed E-state index contributed by atoms with van der Waals surface area (Å²) in [5.74, 6) is -1.20. The smallest absolute Gasteiger partial charge is 0.325 e. The van der Waals surface area contributed by atoms with Crippen LogP contribution in [0.1, 0.15) is 17.3 Å². The van der Waals surface area contributed by atoms with Crippen LogP contribution in [-0.2, 0) is 14.3 Å². The van der Waals surface area contributed by atoms with E-state index in [-0.39, 0.29) is 6.54 Å². The van der Waals surface area contributed by atoms with E-state index in [9.17, 15) is 14.4 Å². The van der Waals surface area contributed by atoms with Gasteiger partial charge >= 0.3 is 5.97 Å². The van der Waals surface area contributed by atoms with Crippen LogP contribution in [0.25, 0.3) is 0 Å². The molecule has 0 fully saturated rings. The van der Waals surface area contributed by atoms with Gasteiger partial charge in [0.25, 0.3) is 11.8 Å². The van der Waals surface area contributed by atoms with Crippen molar-refractivity contribution in [1.82, 2.24) is 5.32 Å². The summed E-state index contributed by atoms with van der Waals surface area (Å²) >= 11 is 1.60. The molecule has 2 rings (SSSR count). The molecule has 0 radical (unpaired) electrons. The van der Waals surface area contributed by atoms with E-state index in [0.29, 0.717) is 23.6 Å². The fourth-order valence-corrected chi connectivity index (χ4v) is 2.66. The molecule has 0 aromatic heterocycles. The Balaban J connectivity index is 1.76. The average Bonchev–Trinajstić information content (AvgIpc) is 2.71. The van der Waals surface area contributed by atoms with Gasteiger partial charge in [-0.05, 0) is 49.6 Å². The van der Waals surface area contributed by atoms with Crippen LogP contribution in [-0.4, -0.2) is 43.8 Å². The fraction of sp³-hybridized carbons (Fsp3) is 0.250. The second-order valence-corrected chi connectivity index (χ2v) is 6.43. The summed E-state index contributed by atoms with van der Waals surface area (Å²) in [4.78, 5) is 36.9. The lowest BCUT2D eigenvalue weighted by Gasteiger charge is -2.10. The van der Waals surface area contributed by atoms with Gasteiger partial charge in [0.05, 0.1) is 12.2 Å². The maximum Gasteiger partial charge on any atom is 0.325 e. The Morgan fingerprint density at radius 1 is 1.04 bits per heavy atom. The maximum absolute atomic E-state index is 12.2. The number of amides is 2. The lowest BCUT2D eigenvalue weighted by molar-refractivity contribution is -0.146. The summed E-state index contributed by atoms with van der Waals surface area (Å²) in [6.45, 7) is 1.44. The van der Waals surface area contributed by atoms with Gasteiger partial charge in [-0.3, -0.25) is 14.4 Å². The van der Waals surface area contributed by atoms with E-state index in [2.05, 4.69) is 10.6 Å². The molecule has 0 unspecified atom stereocenters. The quantitative estimate of drug-likeness (QED) is 0.495. The molecule has 0 aliphatic heterocycles. The Morgan fingerprint density at radius 3 is 2.43 bits per heavy atom. The highest BCUT2D eigenvalue weighted by Gasteiger charge is 2.14. The van der Waals surface area contributed by atoms with Gasteiger partial charge in [-0.1, -0.05) is 12.1 Å². The first-order valence-corrected chi connectivity index (χ1v) is 9.85. The third kappa shape index (κ3) is 6.62. The Hall–Kier alpha value is -3.00. The van der Waals surface area contributed by atoms with Gasteiger partial charge in [0.1, 0.15) is 12.3 Å². The molecule has 2 amide bonds. The van der Waals surface area contributed by atoms with Crippen molar-refractivity contribution in [2.45, 2.75) is 11.8 Å². The molecule has 0 aliphatic carbocycles. The third-order valence-electron chi connectivity index (χ3n) is 3.56. The van der Waals surface area contributed by atoms with Crippen molar-refractivity contribution in [3.63, 3.8) is 0 Å². The number of ether oxygens (including phenoxy) is 2. The van der Waals surface area contributed by atoms with Crippen LogP contribution in [0.15, 0.2) is 53.4 Å². The van der Waals surface area contributed by atoms with Gasteiger partial charge in [-0.25, -0.2) is 0 Å². The number of thioether (sulfide) groups is 1. The molecule has 0 aliphatic rings. The van der Waals surface area contributed by atoms with E-state index in [1.54, 1.807) is 48.2 Å². The monoisotopic (exact) mass is 402 g/mol.